The summed E-state index contributed by atoms with van der Waals surface area (Å²) in [6.07, 6.45) is 27.2. The van der Waals surface area contributed by atoms with Gasteiger partial charge in [-0.3, -0.25) is 4.79 Å². The minimum Gasteiger partial charge on any atom is -0.427 e. The van der Waals surface area contributed by atoms with Gasteiger partial charge in [-0.2, -0.15) is 0 Å². The molecule has 0 amide bonds. The second-order valence-electron chi connectivity index (χ2n) is 7.74. The first kappa shape index (κ1) is 25.6. The maximum atomic E-state index is 11.9. The van der Waals surface area contributed by atoms with Crippen LogP contribution in [0.15, 0.2) is 53.5 Å². The summed E-state index contributed by atoms with van der Waals surface area (Å²) in [5.74, 6) is 0.544. The summed E-state index contributed by atoms with van der Waals surface area (Å²) >= 11 is 0. The van der Waals surface area contributed by atoms with Crippen LogP contribution in [0, 0.1) is 0 Å². The molecule has 0 bridgehead atoms. The fourth-order valence-electron chi connectivity index (χ4n) is 3.04. The summed E-state index contributed by atoms with van der Waals surface area (Å²) in [5, 5.41) is 0. The van der Waals surface area contributed by atoms with Crippen molar-refractivity contribution >= 4 is 16.9 Å². The number of esters is 1. The second kappa shape index (κ2) is 17.4. The summed E-state index contributed by atoms with van der Waals surface area (Å²) in [5.41, 5.74) is 0. The smallest absolute Gasteiger partial charge is 0.311 e. The number of hydrogen-bond donors (Lipinski definition) is 0. The van der Waals surface area contributed by atoms with Gasteiger partial charge in [0.2, 0.25) is 0 Å². The molecule has 0 N–H and O–H groups in total. The molecule has 0 heterocycles. The standard InChI is InChI=1S/C26H41O2S/c1-4-5-6-7-8-9-10-11-12-13-14-15-16-17-18-19-26(27)28-24-20-22-25(23-21-24)29(2)3/h8-9,11-12,20-23H,4-7,10,13-19H2,1-3H3/q+1/b9-8-,12-11-. The lowest BCUT2D eigenvalue weighted by Crippen LogP contribution is -2.07. The molecule has 0 aliphatic carbocycles. The monoisotopic (exact) mass is 417 g/mol. The van der Waals surface area contributed by atoms with Gasteiger partial charge in [0, 0.05) is 17.3 Å². The van der Waals surface area contributed by atoms with Crippen LogP contribution in [-0.2, 0) is 15.7 Å². The Morgan fingerprint density at radius 3 is 2.03 bits per heavy atom. The van der Waals surface area contributed by atoms with E-state index in [1.165, 1.54) is 56.3 Å². The SMILES string of the molecule is CCCCC/C=C\C/C=C\CCCCCCCC(=O)Oc1ccc([S+](C)C)cc1. The Labute approximate surface area is 182 Å². The van der Waals surface area contributed by atoms with E-state index in [0.29, 0.717) is 12.2 Å². The van der Waals surface area contributed by atoms with Gasteiger partial charge < -0.3 is 4.74 Å². The zero-order valence-electron chi connectivity index (χ0n) is 18.8. The molecule has 29 heavy (non-hydrogen) atoms. The van der Waals surface area contributed by atoms with E-state index in [4.69, 9.17) is 4.74 Å². The average Bonchev–Trinajstić information content (AvgIpc) is 2.71. The van der Waals surface area contributed by atoms with Crippen LogP contribution in [0.4, 0.5) is 0 Å². The first-order chi connectivity index (χ1) is 14.1. The molecule has 1 aromatic rings. The molecule has 0 saturated carbocycles. The number of hydrogen-bond acceptors (Lipinski definition) is 2. The van der Waals surface area contributed by atoms with Crippen molar-refractivity contribution in [1.29, 1.82) is 0 Å². The topological polar surface area (TPSA) is 26.3 Å². The molecule has 0 fully saturated rings. The Balaban J connectivity index is 1.96. The number of rotatable bonds is 16. The third kappa shape index (κ3) is 14.2. The van der Waals surface area contributed by atoms with Crippen LogP contribution < -0.4 is 4.74 Å². The van der Waals surface area contributed by atoms with Gasteiger partial charge in [0.05, 0.1) is 0 Å². The Bertz CT molecular complexity index is 587. The highest BCUT2D eigenvalue weighted by Crippen LogP contribution is 2.17. The predicted octanol–water partition coefficient (Wildman–Crippen LogP) is 7.64. The third-order valence-corrected chi connectivity index (χ3v) is 6.07. The molecule has 0 radical (unpaired) electrons. The lowest BCUT2D eigenvalue weighted by molar-refractivity contribution is -0.134. The van der Waals surface area contributed by atoms with Crippen LogP contribution in [0.25, 0.3) is 0 Å². The molecule has 1 rings (SSSR count). The Morgan fingerprint density at radius 2 is 1.41 bits per heavy atom. The van der Waals surface area contributed by atoms with Gasteiger partial charge in [0.15, 0.2) is 4.90 Å². The van der Waals surface area contributed by atoms with Crippen LogP contribution in [0.5, 0.6) is 5.75 Å². The van der Waals surface area contributed by atoms with E-state index >= 15 is 0 Å². The summed E-state index contributed by atoms with van der Waals surface area (Å²) < 4.78 is 5.42. The number of unbranched alkanes of at least 4 members (excludes halogenated alkanes) is 8. The largest absolute Gasteiger partial charge is 0.427 e. The van der Waals surface area contributed by atoms with Gasteiger partial charge in [0.1, 0.15) is 18.3 Å². The average molecular weight is 418 g/mol. The quantitative estimate of drug-likeness (QED) is 0.0908. The number of allylic oxidation sites excluding steroid dienone is 4. The van der Waals surface area contributed by atoms with Crippen molar-refractivity contribution in [1.82, 2.24) is 0 Å². The van der Waals surface area contributed by atoms with Crippen molar-refractivity contribution in [3.05, 3.63) is 48.6 Å². The minimum absolute atomic E-state index is 0.115. The van der Waals surface area contributed by atoms with Gasteiger partial charge in [0.25, 0.3) is 0 Å². The molecule has 162 valence electrons. The van der Waals surface area contributed by atoms with E-state index in [2.05, 4.69) is 43.7 Å². The molecule has 0 spiro atoms. The first-order valence-corrected chi connectivity index (χ1v) is 13.4. The van der Waals surface area contributed by atoms with Gasteiger partial charge in [-0.05, 0) is 62.8 Å². The molecule has 0 atom stereocenters. The zero-order valence-corrected chi connectivity index (χ0v) is 19.6. The molecule has 2 nitrogen and oxygen atoms in total. The van der Waals surface area contributed by atoms with Crippen LogP contribution in [-0.4, -0.2) is 18.5 Å². The van der Waals surface area contributed by atoms with E-state index in [0.717, 1.165) is 19.3 Å². The summed E-state index contributed by atoms with van der Waals surface area (Å²) in [4.78, 5) is 13.2. The van der Waals surface area contributed by atoms with E-state index in [-0.39, 0.29) is 16.9 Å². The Morgan fingerprint density at radius 1 is 0.828 bits per heavy atom. The maximum absolute atomic E-state index is 11.9. The lowest BCUT2D eigenvalue weighted by atomic mass is 10.1. The molecule has 0 saturated heterocycles. The van der Waals surface area contributed by atoms with E-state index in [1.54, 1.807) is 0 Å². The normalized spacial score (nSPS) is 11.7. The van der Waals surface area contributed by atoms with E-state index < -0.39 is 0 Å². The molecule has 0 aliphatic rings. The lowest BCUT2D eigenvalue weighted by Gasteiger charge is -2.05. The van der Waals surface area contributed by atoms with Crippen molar-refractivity contribution in [2.24, 2.45) is 0 Å². The van der Waals surface area contributed by atoms with Crippen LogP contribution in [0.1, 0.15) is 84.0 Å². The number of benzene rings is 1. The molecular formula is C26H41O2S+. The molecule has 1 aromatic carbocycles. The van der Waals surface area contributed by atoms with Crippen molar-refractivity contribution in [2.75, 3.05) is 12.5 Å². The van der Waals surface area contributed by atoms with Crippen LogP contribution in [0.2, 0.25) is 0 Å². The van der Waals surface area contributed by atoms with Crippen LogP contribution >= 0.6 is 0 Å². The highest BCUT2D eigenvalue weighted by molar-refractivity contribution is 7.95. The molecule has 3 heteroatoms. The van der Waals surface area contributed by atoms with Crippen molar-refractivity contribution in [3.63, 3.8) is 0 Å². The van der Waals surface area contributed by atoms with Gasteiger partial charge >= 0.3 is 5.97 Å². The predicted molar refractivity (Wildman–Crippen MR) is 129 cm³/mol. The minimum atomic E-state index is -0.115. The van der Waals surface area contributed by atoms with Crippen molar-refractivity contribution in [3.8, 4) is 5.75 Å². The maximum Gasteiger partial charge on any atom is 0.311 e. The summed E-state index contributed by atoms with van der Waals surface area (Å²) in [7, 11) is 0.238. The third-order valence-electron chi connectivity index (χ3n) is 4.86. The van der Waals surface area contributed by atoms with Gasteiger partial charge in [-0.15, -0.1) is 0 Å². The molecule has 0 unspecified atom stereocenters. The van der Waals surface area contributed by atoms with E-state index in [9.17, 15) is 4.79 Å². The highest BCUT2D eigenvalue weighted by Gasteiger charge is 2.09. The highest BCUT2D eigenvalue weighted by atomic mass is 32.2. The summed E-state index contributed by atoms with van der Waals surface area (Å²) in [6.45, 7) is 2.24. The number of carbonyl (C=O) groups excluding carboxylic acids is 1. The molecular weight excluding hydrogens is 376 g/mol. The van der Waals surface area contributed by atoms with Crippen LogP contribution in [0.3, 0.4) is 0 Å². The Hall–Kier alpha value is -1.48. The van der Waals surface area contributed by atoms with Gasteiger partial charge in [-0.1, -0.05) is 63.3 Å². The van der Waals surface area contributed by atoms with Crippen molar-refractivity contribution in [2.45, 2.75) is 88.9 Å². The Kier molecular flexibility index (Phi) is 15.3. The number of carbonyl (C=O) groups is 1. The zero-order chi connectivity index (χ0) is 21.2. The number of ether oxygens (including phenoxy) is 1. The van der Waals surface area contributed by atoms with Gasteiger partial charge in [-0.25, -0.2) is 0 Å². The second-order valence-corrected chi connectivity index (χ2v) is 9.85. The fourth-order valence-corrected chi connectivity index (χ4v) is 3.72. The van der Waals surface area contributed by atoms with E-state index in [1.807, 2.05) is 24.3 Å². The molecule has 0 aromatic heterocycles. The van der Waals surface area contributed by atoms with Crippen molar-refractivity contribution < 1.29 is 9.53 Å². The summed E-state index contributed by atoms with van der Waals surface area (Å²) in [6, 6.07) is 7.89. The fraction of sp³-hybridized carbons (Fsp3) is 0.577. The first-order valence-electron chi connectivity index (χ1n) is 11.3. The molecule has 0 aliphatic heterocycles.